The van der Waals surface area contributed by atoms with Crippen LogP contribution in [0.25, 0.3) is 0 Å². The van der Waals surface area contributed by atoms with E-state index in [0.29, 0.717) is 6.61 Å². The zero-order valence-corrected chi connectivity index (χ0v) is 9.66. The fraction of sp³-hybridized carbons (Fsp3) is 0.538. The summed E-state index contributed by atoms with van der Waals surface area (Å²) in [7, 11) is 0. The Kier molecular flexibility index (Phi) is 4.79. The quantitative estimate of drug-likeness (QED) is 0.625. The molecule has 0 aromatic carbocycles. The number of ether oxygens (including phenoxy) is 2. The predicted octanol–water partition coefficient (Wildman–Crippen LogP) is 2.87. The Hall–Kier alpha value is -0.860. The first-order chi connectivity index (χ1) is 7.15. The van der Waals surface area contributed by atoms with Crippen molar-refractivity contribution in [1.82, 2.24) is 0 Å². The van der Waals surface area contributed by atoms with Gasteiger partial charge in [-0.2, -0.15) is 0 Å². The lowest BCUT2D eigenvalue weighted by molar-refractivity contribution is 0.0392. The lowest BCUT2D eigenvalue weighted by Crippen LogP contribution is -2.22. The Balaban J connectivity index is 2.47. The van der Waals surface area contributed by atoms with Gasteiger partial charge in [-0.3, -0.25) is 0 Å². The molecule has 2 atom stereocenters. The maximum Gasteiger partial charge on any atom is 0.0815 e. The molecule has 0 saturated carbocycles. The Morgan fingerprint density at radius 2 is 2.53 bits per heavy atom. The van der Waals surface area contributed by atoms with Crippen LogP contribution in [0.3, 0.4) is 0 Å². The van der Waals surface area contributed by atoms with E-state index in [1.807, 2.05) is 6.92 Å². The van der Waals surface area contributed by atoms with E-state index in [1.165, 1.54) is 5.57 Å². The van der Waals surface area contributed by atoms with Crippen LogP contribution in [-0.2, 0) is 9.47 Å². The van der Waals surface area contributed by atoms with Crippen LogP contribution >= 0.6 is 0 Å². The van der Waals surface area contributed by atoms with Crippen molar-refractivity contribution in [3.05, 3.63) is 36.5 Å². The highest BCUT2D eigenvalue weighted by atomic mass is 16.5. The van der Waals surface area contributed by atoms with E-state index in [1.54, 1.807) is 6.08 Å². The SMILES string of the molecule is C=CCOC(CC1OCC=C1C)C(=C)C. The molecular formula is C13H20O2. The van der Waals surface area contributed by atoms with E-state index >= 15 is 0 Å². The van der Waals surface area contributed by atoms with Gasteiger partial charge >= 0.3 is 0 Å². The molecule has 15 heavy (non-hydrogen) atoms. The van der Waals surface area contributed by atoms with Crippen molar-refractivity contribution in [1.29, 1.82) is 0 Å². The second-order valence-corrected chi connectivity index (χ2v) is 3.96. The summed E-state index contributed by atoms with van der Waals surface area (Å²) >= 11 is 0. The molecule has 2 heteroatoms. The van der Waals surface area contributed by atoms with Gasteiger partial charge in [0, 0.05) is 6.42 Å². The third-order valence-electron chi connectivity index (χ3n) is 2.60. The van der Waals surface area contributed by atoms with Crippen LogP contribution in [0.4, 0.5) is 0 Å². The summed E-state index contributed by atoms with van der Waals surface area (Å²) in [6.07, 6.45) is 4.98. The first kappa shape index (κ1) is 12.2. The summed E-state index contributed by atoms with van der Waals surface area (Å²) in [5.41, 5.74) is 2.34. The molecule has 2 unspecified atom stereocenters. The molecule has 0 aromatic heterocycles. The maximum atomic E-state index is 5.64. The van der Waals surface area contributed by atoms with Crippen molar-refractivity contribution in [3.63, 3.8) is 0 Å². The van der Waals surface area contributed by atoms with Gasteiger partial charge in [-0.05, 0) is 19.4 Å². The average Bonchev–Trinajstić information content (AvgIpc) is 2.58. The maximum absolute atomic E-state index is 5.64. The minimum atomic E-state index is 0.0643. The standard InChI is InChI=1S/C13H20O2/c1-5-7-14-12(10(2)3)9-13-11(4)6-8-15-13/h5-6,12-13H,1-2,7-9H2,3-4H3. The summed E-state index contributed by atoms with van der Waals surface area (Å²) in [6.45, 7) is 13.0. The largest absolute Gasteiger partial charge is 0.370 e. The van der Waals surface area contributed by atoms with Crippen molar-refractivity contribution in [3.8, 4) is 0 Å². The third kappa shape index (κ3) is 3.65. The molecule has 1 heterocycles. The summed E-state index contributed by atoms with van der Waals surface area (Å²) in [5.74, 6) is 0. The van der Waals surface area contributed by atoms with Crippen LogP contribution in [0, 0.1) is 0 Å². The lowest BCUT2D eigenvalue weighted by Gasteiger charge is -2.21. The van der Waals surface area contributed by atoms with E-state index in [2.05, 4.69) is 26.2 Å². The first-order valence-corrected chi connectivity index (χ1v) is 5.31. The molecule has 0 aliphatic carbocycles. The second-order valence-electron chi connectivity index (χ2n) is 3.96. The fourth-order valence-electron chi connectivity index (χ4n) is 1.60. The van der Waals surface area contributed by atoms with Gasteiger partial charge in [0.2, 0.25) is 0 Å². The molecule has 1 rings (SSSR count). The van der Waals surface area contributed by atoms with Crippen molar-refractivity contribution in [2.75, 3.05) is 13.2 Å². The molecule has 84 valence electrons. The van der Waals surface area contributed by atoms with Crippen LogP contribution in [0.2, 0.25) is 0 Å². The highest BCUT2D eigenvalue weighted by molar-refractivity contribution is 5.12. The Bertz CT molecular complexity index is 266. The molecule has 0 aromatic rings. The molecule has 2 nitrogen and oxygen atoms in total. The first-order valence-electron chi connectivity index (χ1n) is 5.31. The summed E-state index contributed by atoms with van der Waals surface area (Å²) < 4.78 is 11.2. The van der Waals surface area contributed by atoms with Gasteiger partial charge in [0.1, 0.15) is 0 Å². The molecule has 1 aliphatic heterocycles. The fourth-order valence-corrected chi connectivity index (χ4v) is 1.60. The van der Waals surface area contributed by atoms with E-state index in [0.717, 1.165) is 18.6 Å². The Morgan fingerprint density at radius 1 is 1.80 bits per heavy atom. The van der Waals surface area contributed by atoms with Crippen molar-refractivity contribution in [2.24, 2.45) is 0 Å². The molecule has 1 aliphatic rings. The zero-order chi connectivity index (χ0) is 11.3. The molecule has 0 spiro atoms. The lowest BCUT2D eigenvalue weighted by atomic mass is 10.0. The molecular weight excluding hydrogens is 188 g/mol. The van der Waals surface area contributed by atoms with Gasteiger partial charge in [0.05, 0.1) is 25.4 Å². The molecule has 0 radical (unpaired) electrons. The Labute approximate surface area is 92.3 Å². The van der Waals surface area contributed by atoms with Crippen LogP contribution in [0.5, 0.6) is 0 Å². The van der Waals surface area contributed by atoms with Crippen molar-refractivity contribution in [2.45, 2.75) is 32.5 Å². The number of hydrogen-bond donors (Lipinski definition) is 0. The predicted molar refractivity (Wildman–Crippen MR) is 62.9 cm³/mol. The number of rotatable bonds is 6. The topological polar surface area (TPSA) is 18.5 Å². The smallest absolute Gasteiger partial charge is 0.0815 e. The van der Waals surface area contributed by atoms with Gasteiger partial charge in [0.25, 0.3) is 0 Å². The minimum absolute atomic E-state index is 0.0643. The van der Waals surface area contributed by atoms with Crippen LogP contribution < -0.4 is 0 Å². The second kappa shape index (κ2) is 5.89. The Morgan fingerprint density at radius 3 is 3.00 bits per heavy atom. The summed E-state index contributed by atoms with van der Waals surface area (Å²) in [6, 6.07) is 0. The van der Waals surface area contributed by atoms with Gasteiger partial charge in [0.15, 0.2) is 0 Å². The third-order valence-corrected chi connectivity index (χ3v) is 2.60. The monoisotopic (exact) mass is 208 g/mol. The van der Waals surface area contributed by atoms with E-state index in [9.17, 15) is 0 Å². The van der Waals surface area contributed by atoms with E-state index in [4.69, 9.17) is 9.47 Å². The van der Waals surface area contributed by atoms with Crippen LogP contribution in [-0.4, -0.2) is 25.4 Å². The highest BCUT2D eigenvalue weighted by Gasteiger charge is 2.22. The van der Waals surface area contributed by atoms with Crippen LogP contribution in [0.15, 0.2) is 36.5 Å². The van der Waals surface area contributed by atoms with E-state index in [-0.39, 0.29) is 12.2 Å². The molecule has 0 fully saturated rings. The molecule has 0 bridgehead atoms. The van der Waals surface area contributed by atoms with Crippen molar-refractivity contribution < 1.29 is 9.47 Å². The minimum Gasteiger partial charge on any atom is -0.370 e. The summed E-state index contributed by atoms with van der Waals surface area (Å²) in [4.78, 5) is 0. The zero-order valence-electron chi connectivity index (χ0n) is 9.66. The van der Waals surface area contributed by atoms with Gasteiger partial charge in [-0.1, -0.05) is 24.3 Å². The van der Waals surface area contributed by atoms with Gasteiger partial charge in [-0.25, -0.2) is 0 Å². The summed E-state index contributed by atoms with van der Waals surface area (Å²) in [5, 5.41) is 0. The van der Waals surface area contributed by atoms with Gasteiger partial charge < -0.3 is 9.47 Å². The van der Waals surface area contributed by atoms with Crippen LogP contribution in [0.1, 0.15) is 20.3 Å². The highest BCUT2D eigenvalue weighted by Crippen LogP contribution is 2.22. The van der Waals surface area contributed by atoms with Crippen molar-refractivity contribution >= 4 is 0 Å². The normalized spacial score (nSPS) is 22.3. The van der Waals surface area contributed by atoms with Gasteiger partial charge in [-0.15, -0.1) is 6.58 Å². The molecule has 0 N–H and O–H groups in total. The number of hydrogen-bond acceptors (Lipinski definition) is 2. The average molecular weight is 208 g/mol. The van der Waals surface area contributed by atoms with E-state index < -0.39 is 0 Å². The molecule has 0 saturated heterocycles. The molecule has 0 amide bonds.